The van der Waals surface area contributed by atoms with Crippen LogP contribution < -0.4 is 4.74 Å². The van der Waals surface area contributed by atoms with E-state index in [0.29, 0.717) is 11.5 Å². The lowest BCUT2D eigenvalue weighted by molar-refractivity contribution is 0.356. The van der Waals surface area contributed by atoms with Crippen molar-refractivity contribution in [2.24, 2.45) is 0 Å². The average molecular weight is 201 g/mol. The molecule has 1 aromatic rings. The SMILES string of the molecule is C=C(C#N)COc1ccc(C(C)C)cc1. The van der Waals surface area contributed by atoms with E-state index in [0.717, 1.165) is 5.75 Å². The fourth-order valence-corrected chi connectivity index (χ4v) is 1.15. The fourth-order valence-electron chi connectivity index (χ4n) is 1.15. The van der Waals surface area contributed by atoms with Crippen LogP contribution in [0.25, 0.3) is 0 Å². The van der Waals surface area contributed by atoms with Gasteiger partial charge in [0.25, 0.3) is 0 Å². The summed E-state index contributed by atoms with van der Waals surface area (Å²) in [6, 6.07) is 9.85. The molecular weight excluding hydrogens is 186 g/mol. The molecule has 0 aromatic heterocycles. The Bertz CT molecular complexity index is 371. The predicted molar refractivity (Wildman–Crippen MR) is 60.8 cm³/mol. The number of hydrogen-bond donors (Lipinski definition) is 0. The molecule has 15 heavy (non-hydrogen) atoms. The molecule has 0 N–H and O–H groups in total. The number of benzene rings is 1. The largest absolute Gasteiger partial charge is 0.488 e. The molecule has 2 nitrogen and oxygen atoms in total. The van der Waals surface area contributed by atoms with Crippen LogP contribution in [0.15, 0.2) is 36.4 Å². The minimum atomic E-state index is 0.261. The summed E-state index contributed by atoms with van der Waals surface area (Å²) in [4.78, 5) is 0. The quantitative estimate of drug-likeness (QED) is 0.700. The molecule has 0 radical (unpaired) electrons. The van der Waals surface area contributed by atoms with Crippen LogP contribution in [0.5, 0.6) is 5.75 Å². The van der Waals surface area contributed by atoms with Gasteiger partial charge in [-0.1, -0.05) is 32.6 Å². The maximum Gasteiger partial charge on any atom is 0.123 e. The zero-order valence-corrected chi connectivity index (χ0v) is 9.16. The van der Waals surface area contributed by atoms with Gasteiger partial charge in [0.05, 0.1) is 11.6 Å². The summed E-state index contributed by atoms with van der Waals surface area (Å²) in [5.41, 5.74) is 1.71. The number of ether oxygens (including phenoxy) is 1. The van der Waals surface area contributed by atoms with E-state index in [2.05, 4.69) is 20.4 Å². The van der Waals surface area contributed by atoms with Crippen LogP contribution in [-0.2, 0) is 0 Å². The first-order chi connectivity index (χ1) is 7.13. The monoisotopic (exact) mass is 201 g/mol. The van der Waals surface area contributed by atoms with Crippen molar-refractivity contribution in [2.45, 2.75) is 19.8 Å². The van der Waals surface area contributed by atoms with Crippen molar-refractivity contribution in [3.63, 3.8) is 0 Å². The van der Waals surface area contributed by atoms with Crippen molar-refractivity contribution < 1.29 is 4.74 Å². The molecule has 0 unspecified atom stereocenters. The van der Waals surface area contributed by atoms with E-state index < -0.39 is 0 Å². The number of rotatable bonds is 4. The van der Waals surface area contributed by atoms with Crippen LogP contribution in [0.4, 0.5) is 0 Å². The zero-order chi connectivity index (χ0) is 11.3. The first kappa shape index (κ1) is 11.3. The highest BCUT2D eigenvalue weighted by atomic mass is 16.5. The van der Waals surface area contributed by atoms with Gasteiger partial charge < -0.3 is 4.74 Å². The molecule has 0 bridgehead atoms. The van der Waals surface area contributed by atoms with Crippen LogP contribution in [-0.4, -0.2) is 6.61 Å². The Morgan fingerprint density at radius 3 is 2.47 bits per heavy atom. The molecule has 2 heteroatoms. The maximum atomic E-state index is 8.50. The Labute approximate surface area is 90.8 Å². The second-order valence-electron chi connectivity index (χ2n) is 3.73. The molecule has 0 aliphatic carbocycles. The zero-order valence-electron chi connectivity index (χ0n) is 9.16. The molecule has 0 aliphatic heterocycles. The number of nitrogens with zero attached hydrogens (tertiary/aromatic N) is 1. The fraction of sp³-hybridized carbons (Fsp3) is 0.308. The van der Waals surface area contributed by atoms with E-state index in [1.165, 1.54) is 5.56 Å². The Morgan fingerprint density at radius 2 is 2.00 bits per heavy atom. The van der Waals surface area contributed by atoms with Gasteiger partial charge in [-0.3, -0.25) is 0 Å². The number of nitriles is 1. The Hall–Kier alpha value is -1.75. The van der Waals surface area contributed by atoms with Crippen LogP contribution in [0.3, 0.4) is 0 Å². The van der Waals surface area contributed by atoms with Gasteiger partial charge in [-0.15, -0.1) is 0 Å². The third-order valence-electron chi connectivity index (χ3n) is 2.12. The molecule has 0 aliphatic rings. The summed E-state index contributed by atoms with van der Waals surface area (Å²) in [7, 11) is 0. The minimum Gasteiger partial charge on any atom is -0.488 e. The number of hydrogen-bond acceptors (Lipinski definition) is 2. The topological polar surface area (TPSA) is 33.0 Å². The average Bonchev–Trinajstić information content (AvgIpc) is 2.26. The second-order valence-corrected chi connectivity index (χ2v) is 3.73. The Balaban J connectivity index is 2.58. The first-order valence-electron chi connectivity index (χ1n) is 4.94. The van der Waals surface area contributed by atoms with Gasteiger partial charge in [0.1, 0.15) is 12.4 Å². The molecular formula is C13H15NO. The lowest BCUT2D eigenvalue weighted by atomic mass is 10.0. The molecule has 0 saturated carbocycles. The third-order valence-corrected chi connectivity index (χ3v) is 2.12. The minimum absolute atomic E-state index is 0.261. The van der Waals surface area contributed by atoms with E-state index in [1.807, 2.05) is 30.3 Å². The normalized spacial score (nSPS) is 9.73. The molecule has 0 spiro atoms. The summed E-state index contributed by atoms with van der Waals surface area (Å²) >= 11 is 0. The highest BCUT2D eigenvalue weighted by Gasteiger charge is 1.99. The summed E-state index contributed by atoms with van der Waals surface area (Å²) in [5, 5.41) is 8.50. The van der Waals surface area contributed by atoms with Crippen molar-refractivity contribution in [1.29, 1.82) is 5.26 Å². The van der Waals surface area contributed by atoms with Crippen LogP contribution in [0.1, 0.15) is 25.3 Å². The van der Waals surface area contributed by atoms with Crippen molar-refractivity contribution >= 4 is 0 Å². The van der Waals surface area contributed by atoms with Crippen LogP contribution in [0, 0.1) is 11.3 Å². The van der Waals surface area contributed by atoms with E-state index in [-0.39, 0.29) is 6.61 Å². The summed E-state index contributed by atoms with van der Waals surface area (Å²) in [6.07, 6.45) is 0. The Morgan fingerprint density at radius 1 is 1.40 bits per heavy atom. The Kier molecular flexibility index (Phi) is 3.93. The van der Waals surface area contributed by atoms with Gasteiger partial charge >= 0.3 is 0 Å². The van der Waals surface area contributed by atoms with Crippen LogP contribution in [0.2, 0.25) is 0 Å². The molecule has 1 rings (SSSR count). The van der Waals surface area contributed by atoms with E-state index in [9.17, 15) is 0 Å². The molecule has 0 saturated heterocycles. The van der Waals surface area contributed by atoms with Crippen molar-refractivity contribution in [3.8, 4) is 11.8 Å². The third kappa shape index (κ3) is 3.47. The van der Waals surface area contributed by atoms with Crippen molar-refractivity contribution in [1.82, 2.24) is 0 Å². The van der Waals surface area contributed by atoms with E-state index in [4.69, 9.17) is 10.00 Å². The van der Waals surface area contributed by atoms with E-state index in [1.54, 1.807) is 0 Å². The standard InChI is InChI=1S/C13H15NO/c1-10(2)12-4-6-13(7-5-12)15-9-11(3)8-14/h4-7,10H,3,9H2,1-2H3. The van der Waals surface area contributed by atoms with Gasteiger partial charge in [0, 0.05) is 0 Å². The highest BCUT2D eigenvalue weighted by Crippen LogP contribution is 2.18. The van der Waals surface area contributed by atoms with Crippen molar-refractivity contribution in [3.05, 3.63) is 42.0 Å². The lowest BCUT2D eigenvalue weighted by Gasteiger charge is -2.07. The molecule has 1 aromatic carbocycles. The molecule has 0 atom stereocenters. The summed E-state index contributed by atoms with van der Waals surface area (Å²) in [5.74, 6) is 1.30. The van der Waals surface area contributed by atoms with Crippen molar-refractivity contribution in [2.75, 3.05) is 6.61 Å². The summed E-state index contributed by atoms with van der Waals surface area (Å²) < 4.78 is 5.37. The maximum absolute atomic E-state index is 8.50. The van der Waals surface area contributed by atoms with Gasteiger partial charge in [-0.05, 0) is 23.6 Å². The second kappa shape index (κ2) is 5.21. The smallest absolute Gasteiger partial charge is 0.123 e. The molecule has 78 valence electrons. The van der Waals surface area contributed by atoms with Gasteiger partial charge in [0.2, 0.25) is 0 Å². The van der Waals surface area contributed by atoms with Crippen LogP contribution >= 0.6 is 0 Å². The molecule has 0 amide bonds. The predicted octanol–water partition coefficient (Wildman–Crippen LogP) is 3.27. The van der Waals surface area contributed by atoms with Gasteiger partial charge in [0.15, 0.2) is 0 Å². The van der Waals surface area contributed by atoms with E-state index >= 15 is 0 Å². The van der Waals surface area contributed by atoms with Gasteiger partial charge in [-0.2, -0.15) is 5.26 Å². The summed E-state index contributed by atoms with van der Waals surface area (Å²) in [6.45, 7) is 8.10. The highest BCUT2D eigenvalue weighted by molar-refractivity contribution is 5.29. The lowest BCUT2D eigenvalue weighted by Crippen LogP contribution is -1.98. The first-order valence-corrected chi connectivity index (χ1v) is 4.94. The molecule has 0 heterocycles. The molecule has 0 fully saturated rings. The van der Waals surface area contributed by atoms with Gasteiger partial charge in [-0.25, -0.2) is 0 Å².